The van der Waals surface area contributed by atoms with E-state index in [4.69, 9.17) is 0 Å². The van der Waals surface area contributed by atoms with Crippen LogP contribution >= 0.6 is 0 Å². The molecule has 1 unspecified atom stereocenters. The quantitative estimate of drug-likeness (QED) is 0.434. The van der Waals surface area contributed by atoms with Gasteiger partial charge in [0.25, 0.3) is 0 Å². The number of rotatable bonds is 1. The first-order valence-electron chi connectivity index (χ1n) is 3.77. The van der Waals surface area contributed by atoms with Crippen LogP contribution in [0.2, 0.25) is 0 Å². The van der Waals surface area contributed by atoms with Crippen LogP contribution in [0.5, 0.6) is 0 Å². The maximum Gasteiger partial charge on any atom is 1.00 e. The third kappa shape index (κ3) is 1.69. The van der Waals surface area contributed by atoms with E-state index in [0.717, 1.165) is 11.1 Å². The van der Waals surface area contributed by atoms with Crippen LogP contribution in [-0.4, -0.2) is 5.97 Å². The molecule has 0 saturated heterocycles. The van der Waals surface area contributed by atoms with Gasteiger partial charge < -0.3 is 9.90 Å². The molecule has 13 heavy (non-hydrogen) atoms. The fourth-order valence-corrected chi connectivity index (χ4v) is 1.45. The van der Waals surface area contributed by atoms with Crippen molar-refractivity contribution in [2.24, 2.45) is 0 Å². The first-order chi connectivity index (χ1) is 5.79. The van der Waals surface area contributed by atoms with Gasteiger partial charge in [0, 0.05) is 5.92 Å². The van der Waals surface area contributed by atoms with Gasteiger partial charge in [0.15, 0.2) is 0 Å². The zero-order valence-corrected chi connectivity index (χ0v) is 7.36. The van der Waals surface area contributed by atoms with Crippen molar-refractivity contribution in [2.45, 2.75) is 5.92 Å². The molecule has 3 heteroatoms. The molecule has 0 radical (unpaired) electrons. The van der Waals surface area contributed by atoms with E-state index in [2.05, 4.69) is 0 Å². The number of fused-ring (bicyclic) bond motifs is 1. The Morgan fingerprint density at radius 3 is 2.69 bits per heavy atom. The Kier molecular flexibility index (Phi) is 2.97. The molecule has 2 rings (SSSR count). The number of aliphatic carboxylic acids is 1. The molecule has 0 aromatic heterocycles. The van der Waals surface area contributed by atoms with Crippen molar-refractivity contribution in [3.05, 3.63) is 41.5 Å². The van der Waals surface area contributed by atoms with E-state index in [0.29, 0.717) is 0 Å². The molecule has 0 N–H and O–H groups in total. The summed E-state index contributed by atoms with van der Waals surface area (Å²) in [5.41, 5.74) is 1.81. The molecular weight excluding hydrogens is 159 g/mol. The molecule has 1 aliphatic rings. The van der Waals surface area contributed by atoms with Gasteiger partial charge in [0.05, 0.1) is 5.97 Å². The van der Waals surface area contributed by atoms with Crippen LogP contribution in [0, 0.1) is 0 Å². The van der Waals surface area contributed by atoms with Crippen LogP contribution in [0.4, 0.5) is 0 Å². The number of carbonyl (C=O) groups excluding carboxylic acids is 1. The van der Waals surface area contributed by atoms with Gasteiger partial charge in [-0.05, 0) is 11.1 Å². The number of hydrogen-bond donors (Lipinski definition) is 0. The zero-order valence-electron chi connectivity index (χ0n) is 7.36. The van der Waals surface area contributed by atoms with Crippen LogP contribution in [-0.2, 0) is 4.79 Å². The molecule has 0 aliphatic heterocycles. The van der Waals surface area contributed by atoms with Crippen LogP contribution in [0.15, 0.2) is 30.3 Å². The minimum atomic E-state index is -1.03. The average Bonchev–Trinajstić information content (AvgIpc) is 2.47. The summed E-state index contributed by atoms with van der Waals surface area (Å²) >= 11 is 0. The topological polar surface area (TPSA) is 40.1 Å². The van der Waals surface area contributed by atoms with Gasteiger partial charge >= 0.3 is 18.9 Å². The standard InChI is InChI=1S/C10H8O2.Li/c11-10(12)9-6-5-7-3-1-2-4-8(7)9;/h1-6,9H,(H,11,12);/q;+1/p-1. The van der Waals surface area contributed by atoms with E-state index >= 15 is 0 Å². The second kappa shape index (κ2) is 3.82. The molecule has 1 aromatic rings. The first-order valence-corrected chi connectivity index (χ1v) is 3.77. The Morgan fingerprint density at radius 2 is 2.00 bits per heavy atom. The summed E-state index contributed by atoms with van der Waals surface area (Å²) in [6.07, 6.45) is 3.47. The number of carboxylic acid groups (broad SMARTS) is 1. The number of carbonyl (C=O) groups is 1. The molecule has 0 heterocycles. The van der Waals surface area contributed by atoms with E-state index in [1.807, 2.05) is 30.3 Å². The Hall–Kier alpha value is -0.973. The summed E-state index contributed by atoms with van der Waals surface area (Å²) in [7, 11) is 0. The molecule has 0 fully saturated rings. The summed E-state index contributed by atoms with van der Waals surface area (Å²) in [5.74, 6) is -1.59. The molecule has 60 valence electrons. The van der Waals surface area contributed by atoms with Gasteiger partial charge in [0.2, 0.25) is 0 Å². The second-order valence-electron chi connectivity index (χ2n) is 2.78. The van der Waals surface area contributed by atoms with E-state index in [1.54, 1.807) is 6.08 Å². The van der Waals surface area contributed by atoms with E-state index < -0.39 is 11.9 Å². The number of hydrogen-bond acceptors (Lipinski definition) is 2. The summed E-state index contributed by atoms with van der Waals surface area (Å²) in [4.78, 5) is 10.6. The van der Waals surface area contributed by atoms with Crippen molar-refractivity contribution < 1.29 is 28.8 Å². The van der Waals surface area contributed by atoms with Gasteiger partial charge in [-0.25, -0.2) is 0 Å². The van der Waals surface area contributed by atoms with Crippen LogP contribution in [0.3, 0.4) is 0 Å². The molecule has 0 saturated carbocycles. The molecular formula is C10H7LiO2. The number of carboxylic acids is 1. The maximum absolute atomic E-state index is 10.6. The first kappa shape index (κ1) is 10.1. The van der Waals surface area contributed by atoms with Crippen molar-refractivity contribution in [3.63, 3.8) is 0 Å². The van der Waals surface area contributed by atoms with Gasteiger partial charge in [-0.1, -0.05) is 36.4 Å². The van der Waals surface area contributed by atoms with Gasteiger partial charge in [-0.2, -0.15) is 0 Å². The van der Waals surface area contributed by atoms with Gasteiger partial charge in [-0.3, -0.25) is 0 Å². The predicted octanol–water partition coefficient (Wildman–Crippen LogP) is -2.45. The largest absolute Gasteiger partial charge is 1.00 e. The molecule has 0 bridgehead atoms. The molecule has 0 spiro atoms. The molecule has 1 aromatic carbocycles. The van der Waals surface area contributed by atoms with Crippen molar-refractivity contribution in [1.29, 1.82) is 0 Å². The molecule has 2 nitrogen and oxygen atoms in total. The third-order valence-corrected chi connectivity index (χ3v) is 2.05. The fraction of sp³-hybridized carbons (Fsp3) is 0.100. The number of benzene rings is 1. The Morgan fingerprint density at radius 1 is 1.31 bits per heavy atom. The molecule has 1 atom stereocenters. The van der Waals surface area contributed by atoms with Gasteiger partial charge in [-0.15, -0.1) is 0 Å². The van der Waals surface area contributed by atoms with Crippen molar-refractivity contribution in [3.8, 4) is 0 Å². The van der Waals surface area contributed by atoms with Gasteiger partial charge in [0.1, 0.15) is 0 Å². The SMILES string of the molecule is O=C([O-])C1C=Cc2ccccc21.[Li+]. The molecule has 0 amide bonds. The smallest absolute Gasteiger partial charge is 0.549 e. The Labute approximate surface area is 88.4 Å². The second-order valence-corrected chi connectivity index (χ2v) is 2.78. The van der Waals surface area contributed by atoms with Crippen molar-refractivity contribution in [1.82, 2.24) is 0 Å². The zero-order chi connectivity index (χ0) is 8.55. The van der Waals surface area contributed by atoms with Crippen LogP contribution in [0.1, 0.15) is 17.0 Å². The van der Waals surface area contributed by atoms with Crippen LogP contribution < -0.4 is 24.0 Å². The maximum atomic E-state index is 10.6. The minimum Gasteiger partial charge on any atom is -0.549 e. The van der Waals surface area contributed by atoms with Crippen molar-refractivity contribution >= 4 is 12.0 Å². The Balaban J connectivity index is 0.000000845. The molecule has 1 aliphatic carbocycles. The Bertz CT molecular complexity index is 358. The summed E-state index contributed by atoms with van der Waals surface area (Å²) in [5, 5.41) is 10.6. The van der Waals surface area contributed by atoms with Crippen molar-refractivity contribution in [2.75, 3.05) is 0 Å². The summed E-state index contributed by atoms with van der Waals surface area (Å²) in [6, 6.07) is 7.44. The third-order valence-electron chi connectivity index (χ3n) is 2.05. The van der Waals surface area contributed by atoms with E-state index in [9.17, 15) is 9.90 Å². The average molecular weight is 166 g/mol. The van der Waals surface area contributed by atoms with E-state index in [-0.39, 0.29) is 18.9 Å². The normalized spacial score (nSPS) is 17.7. The monoisotopic (exact) mass is 166 g/mol. The summed E-state index contributed by atoms with van der Waals surface area (Å²) < 4.78 is 0. The predicted molar refractivity (Wildman–Crippen MR) is 43.2 cm³/mol. The van der Waals surface area contributed by atoms with Crippen LogP contribution in [0.25, 0.3) is 6.08 Å². The minimum absolute atomic E-state index is 0. The summed E-state index contributed by atoms with van der Waals surface area (Å²) in [6.45, 7) is 0. The fourth-order valence-electron chi connectivity index (χ4n) is 1.45. The van der Waals surface area contributed by atoms with E-state index in [1.165, 1.54) is 0 Å².